The van der Waals surface area contributed by atoms with E-state index in [2.05, 4.69) is 96.3 Å². The van der Waals surface area contributed by atoms with E-state index in [1.165, 1.54) is 5.39 Å². The van der Waals surface area contributed by atoms with Crippen molar-refractivity contribution < 1.29 is 0 Å². The summed E-state index contributed by atoms with van der Waals surface area (Å²) < 4.78 is 0. The van der Waals surface area contributed by atoms with Crippen LogP contribution in [-0.4, -0.2) is 15.8 Å². The van der Waals surface area contributed by atoms with Gasteiger partial charge in [0.05, 0.1) is 17.8 Å². The average molecular weight is 463 g/mol. The molecule has 4 heteroatoms. The minimum absolute atomic E-state index is 0.560. The van der Waals surface area contributed by atoms with E-state index in [1.54, 1.807) is 0 Å². The van der Waals surface area contributed by atoms with Crippen LogP contribution in [0.15, 0.2) is 120 Å². The molecular weight excluding hydrogens is 440 g/mol. The molecule has 1 N–H and O–H groups in total. The zero-order chi connectivity index (χ0) is 23.9. The highest BCUT2D eigenvalue weighted by Gasteiger charge is 2.20. The second kappa shape index (κ2) is 8.43. The van der Waals surface area contributed by atoms with Crippen LogP contribution in [0, 0.1) is 0 Å². The maximum atomic E-state index is 5.17. The topological polar surface area (TPSA) is 50.2 Å². The Balaban J connectivity index is 1.47. The molecule has 1 aliphatic rings. The number of amidine groups is 1. The van der Waals surface area contributed by atoms with Crippen LogP contribution >= 0.6 is 0 Å². The van der Waals surface area contributed by atoms with Crippen LogP contribution in [0.1, 0.15) is 11.1 Å². The highest BCUT2D eigenvalue weighted by atomic mass is 15.0. The van der Waals surface area contributed by atoms with E-state index in [0.717, 1.165) is 61.6 Å². The van der Waals surface area contributed by atoms with Crippen molar-refractivity contribution in [2.75, 3.05) is 5.32 Å². The van der Waals surface area contributed by atoms with Crippen molar-refractivity contribution in [3.63, 3.8) is 0 Å². The Hall–Kier alpha value is -4.83. The number of fused-ring (bicyclic) bond motifs is 4. The third kappa shape index (κ3) is 3.43. The van der Waals surface area contributed by atoms with Crippen molar-refractivity contribution in [3.05, 3.63) is 126 Å². The second-order valence-corrected chi connectivity index (χ2v) is 8.93. The number of benzene rings is 5. The van der Waals surface area contributed by atoms with Gasteiger partial charge in [0.25, 0.3) is 0 Å². The van der Waals surface area contributed by atoms with Gasteiger partial charge >= 0.3 is 0 Å². The van der Waals surface area contributed by atoms with Gasteiger partial charge in [-0.2, -0.15) is 0 Å². The summed E-state index contributed by atoms with van der Waals surface area (Å²) in [7, 11) is 0. The lowest BCUT2D eigenvalue weighted by Gasteiger charge is -2.21. The molecule has 0 amide bonds. The number of anilines is 1. The monoisotopic (exact) mass is 462 g/mol. The van der Waals surface area contributed by atoms with Gasteiger partial charge in [-0.1, -0.05) is 103 Å². The maximum Gasteiger partial charge on any atom is 0.161 e. The van der Waals surface area contributed by atoms with Crippen molar-refractivity contribution in [3.8, 4) is 22.6 Å². The van der Waals surface area contributed by atoms with Crippen molar-refractivity contribution >= 4 is 33.2 Å². The fourth-order valence-electron chi connectivity index (χ4n) is 4.97. The number of hydrogen-bond acceptors (Lipinski definition) is 4. The quantitative estimate of drug-likeness (QED) is 0.296. The molecule has 6 aromatic rings. The summed E-state index contributed by atoms with van der Waals surface area (Å²) in [6, 6.07) is 39.6. The van der Waals surface area contributed by atoms with Gasteiger partial charge in [-0.25, -0.2) is 9.97 Å². The molecule has 5 aromatic carbocycles. The normalized spacial score (nSPS) is 12.7. The number of aromatic nitrogens is 2. The van der Waals surface area contributed by atoms with Gasteiger partial charge in [0.2, 0.25) is 0 Å². The Bertz CT molecular complexity index is 1770. The summed E-state index contributed by atoms with van der Waals surface area (Å²) in [5.41, 5.74) is 7.18. The number of hydrogen-bond donors (Lipinski definition) is 1. The third-order valence-corrected chi connectivity index (χ3v) is 6.75. The highest BCUT2D eigenvalue weighted by Crippen LogP contribution is 2.36. The van der Waals surface area contributed by atoms with Gasteiger partial charge in [0.1, 0.15) is 5.84 Å². The van der Waals surface area contributed by atoms with Gasteiger partial charge < -0.3 is 5.32 Å². The van der Waals surface area contributed by atoms with Crippen molar-refractivity contribution in [2.45, 2.75) is 6.54 Å². The minimum Gasteiger partial charge on any atom is -0.340 e. The number of aliphatic imine (C=N–C) groups is 1. The summed E-state index contributed by atoms with van der Waals surface area (Å²) in [5.74, 6) is 1.61. The summed E-state index contributed by atoms with van der Waals surface area (Å²) in [4.78, 5) is 15.2. The lowest BCUT2D eigenvalue weighted by Crippen LogP contribution is -2.19. The predicted molar refractivity (Wildman–Crippen MR) is 148 cm³/mol. The molecule has 36 heavy (non-hydrogen) atoms. The van der Waals surface area contributed by atoms with E-state index < -0.39 is 0 Å². The first kappa shape index (κ1) is 20.5. The smallest absolute Gasteiger partial charge is 0.161 e. The van der Waals surface area contributed by atoms with Gasteiger partial charge in [-0.15, -0.1) is 0 Å². The van der Waals surface area contributed by atoms with Crippen LogP contribution in [0.4, 0.5) is 5.69 Å². The SMILES string of the molecule is c1ccc(C2=NCc3c(ccc4c(-c5ccccc5)nc(-c5cccc6ccccc56)nc34)N2)cc1. The van der Waals surface area contributed by atoms with E-state index in [4.69, 9.17) is 15.0 Å². The van der Waals surface area contributed by atoms with Crippen LogP contribution in [0.5, 0.6) is 0 Å². The largest absolute Gasteiger partial charge is 0.340 e. The Kier molecular flexibility index (Phi) is 4.81. The molecule has 0 bridgehead atoms. The van der Waals surface area contributed by atoms with Crippen LogP contribution in [0.25, 0.3) is 44.3 Å². The second-order valence-electron chi connectivity index (χ2n) is 8.93. The average Bonchev–Trinajstić information content (AvgIpc) is 2.97. The van der Waals surface area contributed by atoms with Crippen LogP contribution in [0.3, 0.4) is 0 Å². The number of nitrogens with zero attached hydrogens (tertiary/aromatic N) is 3. The van der Waals surface area contributed by atoms with E-state index in [1.807, 2.05) is 24.3 Å². The van der Waals surface area contributed by atoms with Gasteiger partial charge in [0.15, 0.2) is 5.82 Å². The van der Waals surface area contributed by atoms with E-state index >= 15 is 0 Å². The Morgan fingerprint density at radius 2 is 1.31 bits per heavy atom. The first-order valence-electron chi connectivity index (χ1n) is 12.1. The summed E-state index contributed by atoms with van der Waals surface area (Å²) >= 11 is 0. The molecule has 0 saturated heterocycles. The van der Waals surface area contributed by atoms with Crippen LogP contribution in [-0.2, 0) is 6.54 Å². The Morgan fingerprint density at radius 1 is 0.583 bits per heavy atom. The molecular formula is C32H22N4. The molecule has 0 saturated carbocycles. The summed E-state index contributed by atoms with van der Waals surface area (Å²) in [6.07, 6.45) is 0. The Labute approximate surface area is 209 Å². The highest BCUT2D eigenvalue weighted by molar-refractivity contribution is 6.11. The van der Waals surface area contributed by atoms with E-state index in [-0.39, 0.29) is 0 Å². The third-order valence-electron chi connectivity index (χ3n) is 6.75. The van der Waals surface area contributed by atoms with Crippen molar-refractivity contribution in [1.29, 1.82) is 0 Å². The zero-order valence-electron chi connectivity index (χ0n) is 19.5. The van der Waals surface area contributed by atoms with Crippen molar-refractivity contribution in [1.82, 2.24) is 9.97 Å². The molecule has 0 radical (unpaired) electrons. The first-order chi connectivity index (χ1) is 17.8. The van der Waals surface area contributed by atoms with E-state index in [0.29, 0.717) is 6.54 Å². The van der Waals surface area contributed by atoms with Crippen molar-refractivity contribution in [2.24, 2.45) is 4.99 Å². The lowest BCUT2D eigenvalue weighted by atomic mass is 9.99. The van der Waals surface area contributed by atoms with E-state index in [9.17, 15) is 0 Å². The Morgan fingerprint density at radius 3 is 2.14 bits per heavy atom. The minimum atomic E-state index is 0.560. The van der Waals surface area contributed by atoms with Gasteiger partial charge in [0, 0.05) is 33.3 Å². The number of rotatable bonds is 3. The molecule has 1 aromatic heterocycles. The molecule has 1 aliphatic heterocycles. The molecule has 0 unspecified atom stereocenters. The molecule has 4 nitrogen and oxygen atoms in total. The molecule has 0 aliphatic carbocycles. The van der Waals surface area contributed by atoms with Crippen LogP contribution < -0.4 is 5.32 Å². The fourth-order valence-corrected chi connectivity index (χ4v) is 4.97. The predicted octanol–water partition coefficient (Wildman–Crippen LogP) is 7.49. The fraction of sp³-hybridized carbons (Fsp3) is 0.0312. The molecule has 0 spiro atoms. The number of nitrogens with one attached hydrogen (secondary N) is 1. The zero-order valence-corrected chi connectivity index (χ0v) is 19.5. The van der Waals surface area contributed by atoms with Crippen LogP contribution in [0.2, 0.25) is 0 Å². The molecule has 170 valence electrons. The molecule has 0 atom stereocenters. The van der Waals surface area contributed by atoms with Gasteiger partial charge in [-0.3, -0.25) is 4.99 Å². The lowest BCUT2D eigenvalue weighted by molar-refractivity contribution is 1.05. The summed E-state index contributed by atoms with van der Waals surface area (Å²) in [6.45, 7) is 0.560. The summed E-state index contributed by atoms with van der Waals surface area (Å²) in [5, 5.41) is 6.89. The molecule has 7 rings (SSSR count). The molecule has 0 fully saturated rings. The molecule has 2 heterocycles. The maximum absolute atomic E-state index is 5.17. The first-order valence-corrected chi connectivity index (χ1v) is 12.1. The van der Waals surface area contributed by atoms with Gasteiger partial charge in [-0.05, 0) is 22.9 Å². The standard InChI is InChI=1S/C32H22N4/c1-3-11-22(12-4-1)29-26-18-19-28-27(20-33-31(34-28)23-13-5-2-6-14-23)30(26)36-32(35-29)25-17-9-15-21-10-7-8-16-24(21)25/h1-19H,20H2,(H,33,34).